The molecule has 3 aliphatic rings. The molecule has 0 bridgehead atoms. The molecule has 0 saturated carbocycles. The van der Waals surface area contributed by atoms with E-state index in [1.54, 1.807) is 18.2 Å². The monoisotopic (exact) mass is 414 g/mol. The maximum atomic E-state index is 12.4. The molecule has 0 radical (unpaired) electrons. The first kappa shape index (κ1) is 19.9. The van der Waals surface area contributed by atoms with Crippen molar-refractivity contribution in [2.45, 2.75) is 19.3 Å². The van der Waals surface area contributed by atoms with E-state index in [4.69, 9.17) is 14.2 Å². The molecular weight excluding hydrogens is 392 g/mol. The number of fused-ring (bicyclic) bond motifs is 2. The number of hydrogen-bond acceptors (Lipinski definition) is 7. The Morgan fingerprint density at radius 1 is 1.03 bits per heavy atom. The second-order valence-electron chi connectivity index (χ2n) is 7.30. The van der Waals surface area contributed by atoms with Gasteiger partial charge in [0.05, 0.1) is 18.3 Å². The minimum Gasteiger partial charge on any atom is -0.486 e. The highest BCUT2D eigenvalue weighted by Gasteiger charge is 2.46. The Hall–Kier alpha value is -3.36. The molecule has 1 saturated heterocycles. The lowest BCUT2D eigenvalue weighted by Crippen LogP contribution is -2.33. The van der Waals surface area contributed by atoms with Crippen LogP contribution in [0.1, 0.15) is 19.3 Å². The highest BCUT2D eigenvalue weighted by atomic mass is 16.6. The van der Waals surface area contributed by atoms with Gasteiger partial charge in [0.2, 0.25) is 11.8 Å². The summed E-state index contributed by atoms with van der Waals surface area (Å²) in [6.45, 7) is 0.404. The van der Waals surface area contributed by atoms with Crippen molar-refractivity contribution in [3.05, 3.63) is 30.4 Å². The predicted molar refractivity (Wildman–Crippen MR) is 104 cm³/mol. The van der Waals surface area contributed by atoms with Gasteiger partial charge < -0.3 is 19.5 Å². The first-order valence-corrected chi connectivity index (χ1v) is 9.88. The summed E-state index contributed by atoms with van der Waals surface area (Å²) >= 11 is 0. The quantitative estimate of drug-likeness (QED) is 0.424. The van der Waals surface area contributed by atoms with Crippen molar-refractivity contribution in [1.29, 1.82) is 0 Å². The summed E-state index contributed by atoms with van der Waals surface area (Å²) < 4.78 is 15.8. The number of hydrogen-bond donors (Lipinski definition) is 1. The molecule has 1 aromatic carbocycles. The number of benzene rings is 1. The summed E-state index contributed by atoms with van der Waals surface area (Å²) in [6.07, 6.45) is 4.77. The highest BCUT2D eigenvalue weighted by Crippen LogP contribution is 2.35. The van der Waals surface area contributed by atoms with E-state index in [9.17, 15) is 19.2 Å². The Kier molecular flexibility index (Phi) is 5.69. The topological polar surface area (TPSA) is 111 Å². The van der Waals surface area contributed by atoms with E-state index in [1.165, 1.54) is 0 Å². The van der Waals surface area contributed by atoms with Gasteiger partial charge >= 0.3 is 5.97 Å². The second kappa shape index (κ2) is 8.56. The number of nitrogens with one attached hydrogen (secondary N) is 1. The Morgan fingerprint density at radius 3 is 2.40 bits per heavy atom. The molecule has 9 nitrogen and oxygen atoms in total. The fourth-order valence-corrected chi connectivity index (χ4v) is 3.83. The fraction of sp³-hybridized carbons (Fsp3) is 0.429. The van der Waals surface area contributed by atoms with Crippen LogP contribution in [-0.4, -0.2) is 55.0 Å². The number of carbonyl (C=O) groups is 4. The number of anilines is 1. The van der Waals surface area contributed by atoms with Crippen LogP contribution >= 0.6 is 0 Å². The molecule has 3 amide bonds. The van der Waals surface area contributed by atoms with Gasteiger partial charge in [0.15, 0.2) is 18.1 Å². The van der Waals surface area contributed by atoms with Crippen molar-refractivity contribution in [2.24, 2.45) is 11.8 Å². The maximum absolute atomic E-state index is 12.4. The first-order chi connectivity index (χ1) is 14.5. The molecular formula is C21H22N2O7. The van der Waals surface area contributed by atoms with E-state index in [0.717, 1.165) is 4.90 Å². The molecule has 2 aliphatic heterocycles. The zero-order valence-corrected chi connectivity index (χ0v) is 16.3. The lowest BCUT2D eigenvalue weighted by molar-refractivity contribution is -0.148. The number of carbonyl (C=O) groups excluding carboxylic acids is 4. The fourth-order valence-electron chi connectivity index (χ4n) is 3.83. The second-order valence-corrected chi connectivity index (χ2v) is 7.30. The van der Waals surface area contributed by atoms with Crippen LogP contribution in [0.25, 0.3) is 0 Å². The minimum atomic E-state index is -0.652. The van der Waals surface area contributed by atoms with Crippen LogP contribution in [0.4, 0.5) is 5.69 Å². The average molecular weight is 414 g/mol. The van der Waals surface area contributed by atoms with Gasteiger partial charge in [-0.25, -0.2) is 0 Å². The van der Waals surface area contributed by atoms with E-state index >= 15 is 0 Å². The predicted octanol–water partition coefficient (Wildman–Crippen LogP) is 1.28. The van der Waals surface area contributed by atoms with Crippen LogP contribution in [0.2, 0.25) is 0 Å². The van der Waals surface area contributed by atoms with Crippen LogP contribution in [-0.2, 0) is 23.9 Å². The molecule has 1 fully saturated rings. The SMILES string of the molecule is O=C(COC(=O)CCN1C(=O)[C@@H]2CC=CC[C@H]2C1=O)Nc1ccc2c(c1)OCCO2. The Balaban J connectivity index is 1.22. The van der Waals surface area contributed by atoms with Gasteiger partial charge in [-0.1, -0.05) is 12.2 Å². The highest BCUT2D eigenvalue weighted by molar-refractivity contribution is 6.05. The van der Waals surface area contributed by atoms with Gasteiger partial charge in [0, 0.05) is 18.3 Å². The van der Waals surface area contributed by atoms with Crippen molar-refractivity contribution in [3.63, 3.8) is 0 Å². The molecule has 0 aromatic heterocycles. The van der Waals surface area contributed by atoms with E-state index in [0.29, 0.717) is 43.2 Å². The largest absolute Gasteiger partial charge is 0.486 e. The zero-order valence-electron chi connectivity index (χ0n) is 16.3. The van der Waals surface area contributed by atoms with Crippen molar-refractivity contribution < 1.29 is 33.4 Å². The summed E-state index contributed by atoms with van der Waals surface area (Å²) in [6, 6.07) is 4.98. The Labute approximate surface area is 172 Å². The minimum absolute atomic E-state index is 0.0344. The molecule has 2 heterocycles. The number of nitrogens with zero attached hydrogens (tertiary/aromatic N) is 1. The summed E-state index contributed by atoms with van der Waals surface area (Å²) in [5, 5.41) is 2.62. The van der Waals surface area contributed by atoms with Crippen molar-refractivity contribution in [1.82, 2.24) is 4.90 Å². The normalized spacial score (nSPS) is 21.9. The number of amides is 3. The van der Waals surface area contributed by atoms with Crippen LogP contribution in [0.15, 0.2) is 30.4 Å². The van der Waals surface area contributed by atoms with Crippen LogP contribution in [0.5, 0.6) is 11.5 Å². The lowest BCUT2D eigenvalue weighted by atomic mass is 9.85. The van der Waals surface area contributed by atoms with Gasteiger partial charge in [0.25, 0.3) is 5.91 Å². The smallest absolute Gasteiger partial charge is 0.308 e. The van der Waals surface area contributed by atoms with Crippen LogP contribution in [0.3, 0.4) is 0 Å². The summed E-state index contributed by atoms with van der Waals surface area (Å²) in [5.74, 6) is -1.15. The molecule has 30 heavy (non-hydrogen) atoms. The third-order valence-corrected chi connectivity index (χ3v) is 5.33. The number of allylic oxidation sites excluding steroid dienone is 2. The molecule has 158 valence electrons. The summed E-state index contributed by atoms with van der Waals surface area (Å²) in [4.78, 5) is 49.9. The molecule has 2 atom stereocenters. The number of rotatable bonds is 6. The third kappa shape index (κ3) is 4.14. The maximum Gasteiger partial charge on any atom is 0.308 e. The van der Waals surface area contributed by atoms with Crippen molar-refractivity contribution in [3.8, 4) is 11.5 Å². The Bertz CT molecular complexity index is 885. The van der Waals surface area contributed by atoms with Crippen LogP contribution in [0, 0.1) is 11.8 Å². The number of esters is 1. The van der Waals surface area contributed by atoms with E-state index < -0.39 is 18.5 Å². The zero-order chi connectivity index (χ0) is 21.1. The number of ether oxygens (including phenoxy) is 3. The molecule has 9 heteroatoms. The molecule has 4 rings (SSSR count). The van der Waals surface area contributed by atoms with Gasteiger partial charge in [-0.3, -0.25) is 24.1 Å². The average Bonchev–Trinajstić information content (AvgIpc) is 3.01. The van der Waals surface area contributed by atoms with Crippen LogP contribution < -0.4 is 14.8 Å². The summed E-state index contributed by atoms with van der Waals surface area (Å²) in [7, 11) is 0. The number of imide groups is 1. The molecule has 1 N–H and O–H groups in total. The molecule has 1 aliphatic carbocycles. The lowest BCUT2D eigenvalue weighted by Gasteiger charge is -2.19. The number of likely N-dealkylation sites (tertiary alicyclic amines) is 1. The first-order valence-electron chi connectivity index (χ1n) is 9.88. The van der Waals surface area contributed by atoms with E-state index in [-0.39, 0.29) is 36.6 Å². The standard InChI is InChI=1S/C21H22N2O7/c24-18(22-13-5-6-16-17(11-13)29-10-9-28-16)12-30-19(25)7-8-23-20(26)14-3-1-2-4-15(14)21(23)27/h1-2,5-6,11,14-15H,3-4,7-10,12H2,(H,22,24)/t14-,15-/m1/s1. The van der Waals surface area contributed by atoms with Crippen molar-refractivity contribution in [2.75, 3.05) is 31.7 Å². The summed E-state index contributed by atoms with van der Waals surface area (Å²) in [5.41, 5.74) is 0.491. The van der Waals surface area contributed by atoms with Gasteiger partial charge in [-0.05, 0) is 25.0 Å². The van der Waals surface area contributed by atoms with Gasteiger partial charge in [-0.2, -0.15) is 0 Å². The molecule has 0 spiro atoms. The molecule has 0 unspecified atom stereocenters. The third-order valence-electron chi connectivity index (χ3n) is 5.33. The van der Waals surface area contributed by atoms with E-state index in [1.807, 2.05) is 12.2 Å². The molecule has 1 aromatic rings. The Morgan fingerprint density at radius 2 is 1.70 bits per heavy atom. The van der Waals surface area contributed by atoms with E-state index in [2.05, 4.69) is 5.32 Å². The van der Waals surface area contributed by atoms with Gasteiger partial charge in [0.1, 0.15) is 13.2 Å². The van der Waals surface area contributed by atoms with Crippen molar-refractivity contribution >= 4 is 29.4 Å². The van der Waals surface area contributed by atoms with Gasteiger partial charge in [-0.15, -0.1) is 0 Å².